The lowest BCUT2D eigenvalue weighted by Crippen LogP contribution is -2.29. The van der Waals surface area contributed by atoms with E-state index < -0.39 is 10.0 Å². The molecule has 2 aliphatic rings. The molecular formula is C14H20N2O2S. The van der Waals surface area contributed by atoms with E-state index in [-0.39, 0.29) is 0 Å². The second-order valence-corrected chi connectivity index (χ2v) is 7.40. The maximum atomic E-state index is 12.6. The van der Waals surface area contributed by atoms with Crippen LogP contribution in [0.15, 0.2) is 23.1 Å². The Hall–Kier alpha value is -0.910. The zero-order chi connectivity index (χ0) is 13.5. The molecule has 1 unspecified atom stereocenters. The third kappa shape index (κ3) is 2.30. The highest BCUT2D eigenvalue weighted by Crippen LogP contribution is 2.27. The van der Waals surface area contributed by atoms with Gasteiger partial charge in [-0.1, -0.05) is 19.4 Å². The second-order valence-electron chi connectivity index (χ2n) is 5.46. The molecule has 19 heavy (non-hydrogen) atoms. The summed E-state index contributed by atoms with van der Waals surface area (Å²) in [6.07, 6.45) is 2.04. The Bertz CT molecular complexity index is 583. The minimum absolute atomic E-state index is 0.451. The number of fused-ring (bicyclic) bond motifs is 1. The van der Waals surface area contributed by atoms with Crippen molar-refractivity contribution in [1.82, 2.24) is 9.62 Å². The normalized spacial score (nSPS) is 23.7. The molecule has 0 bridgehead atoms. The van der Waals surface area contributed by atoms with Gasteiger partial charge >= 0.3 is 0 Å². The number of sulfonamides is 1. The Balaban J connectivity index is 1.88. The Labute approximate surface area is 114 Å². The van der Waals surface area contributed by atoms with Crippen molar-refractivity contribution in [2.75, 3.05) is 13.1 Å². The van der Waals surface area contributed by atoms with Gasteiger partial charge in [0.05, 0.1) is 4.90 Å². The summed E-state index contributed by atoms with van der Waals surface area (Å²) >= 11 is 0. The summed E-state index contributed by atoms with van der Waals surface area (Å²) in [4.78, 5) is 0.451. The first-order chi connectivity index (χ1) is 9.11. The minimum atomic E-state index is -3.30. The fourth-order valence-corrected chi connectivity index (χ4v) is 4.51. The van der Waals surface area contributed by atoms with E-state index in [4.69, 9.17) is 0 Å². The van der Waals surface area contributed by atoms with E-state index in [1.807, 2.05) is 12.1 Å². The first-order valence-corrected chi connectivity index (χ1v) is 8.38. The first kappa shape index (κ1) is 13.1. The Morgan fingerprint density at radius 2 is 2.11 bits per heavy atom. The Morgan fingerprint density at radius 1 is 1.32 bits per heavy atom. The monoisotopic (exact) mass is 280 g/mol. The number of benzene rings is 1. The molecule has 2 heterocycles. The summed E-state index contributed by atoms with van der Waals surface area (Å²) in [7, 11) is -3.30. The number of hydrogen-bond donors (Lipinski definition) is 1. The molecule has 1 saturated heterocycles. The van der Waals surface area contributed by atoms with Crippen LogP contribution < -0.4 is 5.32 Å². The largest absolute Gasteiger partial charge is 0.309 e. The Morgan fingerprint density at radius 3 is 2.84 bits per heavy atom. The smallest absolute Gasteiger partial charge is 0.243 e. The SMILES string of the molecule is CCC1CCN(S(=O)(=O)c2ccc3c(c2)CNC3)C1. The third-order valence-electron chi connectivity index (χ3n) is 4.27. The predicted molar refractivity (Wildman–Crippen MR) is 74.1 cm³/mol. The standard InChI is InChI=1S/C14H20N2O2S/c1-2-11-5-6-16(10-11)19(17,18)14-4-3-12-8-15-9-13(12)7-14/h3-4,7,11,15H,2,5-6,8-10H2,1H3. The first-order valence-electron chi connectivity index (χ1n) is 6.94. The highest BCUT2D eigenvalue weighted by molar-refractivity contribution is 7.89. The van der Waals surface area contributed by atoms with Crippen LogP contribution in [0.1, 0.15) is 30.9 Å². The van der Waals surface area contributed by atoms with Gasteiger partial charge in [-0.2, -0.15) is 4.31 Å². The summed E-state index contributed by atoms with van der Waals surface area (Å²) in [6, 6.07) is 5.53. The van der Waals surface area contributed by atoms with Gasteiger partial charge in [-0.3, -0.25) is 0 Å². The van der Waals surface area contributed by atoms with Crippen molar-refractivity contribution in [2.24, 2.45) is 5.92 Å². The van der Waals surface area contributed by atoms with Crippen LogP contribution >= 0.6 is 0 Å². The summed E-state index contributed by atoms with van der Waals surface area (Å²) in [6.45, 7) is 5.08. The molecule has 0 aliphatic carbocycles. The van der Waals surface area contributed by atoms with Crippen molar-refractivity contribution in [1.29, 1.82) is 0 Å². The highest BCUT2D eigenvalue weighted by Gasteiger charge is 2.32. The minimum Gasteiger partial charge on any atom is -0.309 e. The fraction of sp³-hybridized carbons (Fsp3) is 0.571. The lowest BCUT2D eigenvalue weighted by molar-refractivity contribution is 0.453. The van der Waals surface area contributed by atoms with E-state index in [0.29, 0.717) is 23.9 Å². The molecule has 0 saturated carbocycles. The maximum Gasteiger partial charge on any atom is 0.243 e. The molecule has 2 aliphatic heterocycles. The number of hydrogen-bond acceptors (Lipinski definition) is 3. The predicted octanol–water partition coefficient (Wildman–Crippen LogP) is 1.71. The topological polar surface area (TPSA) is 49.4 Å². The van der Waals surface area contributed by atoms with Crippen molar-refractivity contribution in [2.45, 2.75) is 37.8 Å². The number of nitrogens with zero attached hydrogens (tertiary/aromatic N) is 1. The van der Waals surface area contributed by atoms with Gasteiger partial charge < -0.3 is 5.32 Å². The average Bonchev–Trinajstić information content (AvgIpc) is 3.06. The molecule has 1 aromatic carbocycles. The molecule has 0 amide bonds. The van der Waals surface area contributed by atoms with Crippen molar-refractivity contribution in [3.8, 4) is 0 Å². The van der Waals surface area contributed by atoms with Gasteiger partial charge in [0.1, 0.15) is 0 Å². The lowest BCUT2D eigenvalue weighted by Gasteiger charge is -2.17. The molecule has 1 N–H and O–H groups in total. The van der Waals surface area contributed by atoms with Crippen LogP contribution in [0, 0.1) is 5.92 Å². The van der Waals surface area contributed by atoms with Crippen LogP contribution in [-0.4, -0.2) is 25.8 Å². The van der Waals surface area contributed by atoms with Crippen molar-refractivity contribution >= 4 is 10.0 Å². The van der Waals surface area contributed by atoms with Crippen LogP contribution in [-0.2, 0) is 23.1 Å². The summed E-state index contributed by atoms with van der Waals surface area (Å²) in [5.74, 6) is 0.519. The van der Waals surface area contributed by atoms with Crippen molar-refractivity contribution in [3.63, 3.8) is 0 Å². The average molecular weight is 280 g/mol. The Kier molecular flexibility index (Phi) is 3.37. The maximum absolute atomic E-state index is 12.6. The van der Waals surface area contributed by atoms with Gasteiger partial charge in [-0.25, -0.2) is 8.42 Å². The summed E-state index contributed by atoms with van der Waals surface area (Å²) in [5, 5.41) is 3.24. The number of rotatable bonds is 3. The van der Waals surface area contributed by atoms with E-state index in [1.54, 1.807) is 10.4 Å². The molecule has 5 heteroatoms. The fourth-order valence-electron chi connectivity index (χ4n) is 2.93. The molecule has 1 atom stereocenters. The summed E-state index contributed by atoms with van der Waals surface area (Å²) in [5.41, 5.74) is 2.33. The zero-order valence-corrected chi connectivity index (χ0v) is 12.0. The van der Waals surface area contributed by atoms with E-state index in [1.165, 1.54) is 5.56 Å². The van der Waals surface area contributed by atoms with Gasteiger partial charge in [0.25, 0.3) is 0 Å². The van der Waals surface area contributed by atoms with Crippen LogP contribution in [0.2, 0.25) is 0 Å². The summed E-state index contributed by atoms with van der Waals surface area (Å²) < 4.78 is 26.8. The van der Waals surface area contributed by atoms with Crippen LogP contribution in [0.5, 0.6) is 0 Å². The van der Waals surface area contributed by atoms with Crippen LogP contribution in [0.3, 0.4) is 0 Å². The van der Waals surface area contributed by atoms with Gasteiger partial charge in [0.15, 0.2) is 0 Å². The lowest BCUT2D eigenvalue weighted by atomic mass is 10.1. The molecule has 1 aromatic rings. The highest BCUT2D eigenvalue weighted by atomic mass is 32.2. The van der Waals surface area contributed by atoms with E-state index >= 15 is 0 Å². The number of nitrogens with one attached hydrogen (secondary N) is 1. The molecule has 4 nitrogen and oxygen atoms in total. The van der Waals surface area contributed by atoms with E-state index in [2.05, 4.69) is 12.2 Å². The zero-order valence-electron chi connectivity index (χ0n) is 11.2. The molecule has 3 rings (SSSR count). The quantitative estimate of drug-likeness (QED) is 0.917. The molecule has 0 spiro atoms. The van der Waals surface area contributed by atoms with Crippen molar-refractivity contribution < 1.29 is 8.42 Å². The van der Waals surface area contributed by atoms with Crippen LogP contribution in [0.25, 0.3) is 0 Å². The van der Waals surface area contributed by atoms with E-state index in [0.717, 1.165) is 31.5 Å². The van der Waals surface area contributed by atoms with Gasteiger partial charge in [0.2, 0.25) is 10.0 Å². The molecule has 0 aromatic heterocycles. The van der Waals surface area contributed by atoms with Gasteiger partial charge in [-0.15, -0.1) is 0 Å². The van der Waals surface area contributed by atoms with Gasteiger partial charge in [-0.05, 0) is 35.6 Å². The molecular weight excluding hydrogens is 260 g/mol. The third-order valence-corrected chi connectivity index (χ3v) is 6.13. The molecule has 0 radical (unpaired) electrons. The van der Waals surface area contributed by atoms with Crippen molar-refractivity contribution in [3.05, 3.63) is 29.3 Å². The molecule has 104 valence electrons. The van der Waals surface area contributed by atoms with E-state index in [9.17, 15) is 8.42 Å². The molecule has 1 fully saturated rings. The van der Waals surface area contributed by atoms with Gasteiger partial charge in [0, 0.05) is 26.2 Å². The second kappa shape index (κ2) is 4.89. The van der Waals surface area contributed by atoms with Crippen LogP contribution in [0.4, 0.5) is 0 Å².